The molecule has 14 heavy (non-hydrogen) atoms. The molecule has 0 aliphatic rings. The molecular weight excluding hydrogens is 198 g/mol. The van der Waals surface area contributed by atoms with Crippen LogP contribution in [0.3, 0.4) is 0 Å². The lowest BCUT2D eigenvalue weighted by atomic mass is 10.4. The molecule has 0 bridgehead atoms. The summed E-state index contributed by atoms with van der Waals surface area (Å²) in [7, 11) is 0. The zero-order valence-corrected chi connectivity index (χ0v) is 9.35. The molecule has 1 rings (SSSR count). The van der Waals surface area contributed by atoms with Crippen LogP contribution < -0.4 is 5.32 Å². The van der Waals surface area contributed by atoms with Crippen molar-refractivity contribution in [2.75, 3.05) is 24.6 Å². The maximum absolute atomic E-state index is 4.63. The third-order valence-corrected chi connectivity index (χ3v) is 2.76. The van der Waals surface area contributed by atoms with E-state index in [1.54, 1.807) is 0 Å². The monoisotopic (exact) mass is 215 g/mol. The molecule has 1 heterocycles. The van der Waals surface area contributed by atoms with Gasteiger partial charge in [0, 0.05) is 13.0 Å². The fourth-order valence-corrected chi connectivity index (χ4v) is 1.71. The second-order valence-corrected chi connectivity index (χ2v) is 4.29. The summed E-state index contributed by atoms with van der Waals surface area (Å²) in [4.78, 5) is 3.94. The largest absolute Gasteiger partial charge is 0.343 e. The van der Waals surface area contributed by atoms with Gasteiger partial charge in [0.15, 0.2) is 5.82 Å². The average Bonchev–Trinajstić information content (AvgIpc) is 2.69. The van der Waals surface area contributed by atoms with Crippen LogP contribution >= 0.6 is 11.8 Å². The normalized spacial score (nSPS) is 10.6. The number of hydrogen-bond donors (Lipinski definition) is 1. The summed E-state index contributed by atoms with van der Waals surface area (Å²) in [5.41, 5.74) is 0. The number of nitrogens with zero attached hydrogens (tertiary/aromatic N) is 2. The summed E-state index contributed by atoms with van der Waals surface area (Å²) < 4.78 is 4.63. The van der Waals surface area contributed by atoms with Gasteiger partial charge in [-0.2, -0.15) is 16.7 Å². The summed E-state index contributed by atoms with van der Waals surface area (Å²) >= 11 is 1.98. The Morgan fingerprint density at radius 1 is 1.50 bits per heavy atom. The highest BCUT2D eigenvalue weighted by molar-refractivity contribution is 7.99. The summed E-state index contributed by atoms with van der Waals surface area (Å²) in [5, 5.41) is 7.08. The lowest BCUT2D eigenvalue weighted by Crippen LogP contribution is -2.19. The van der Waals surface area contributed by atoms with Crippen molar-refractivity contribution < 1.29 is 4.52 Å². The molecule has 5 heteroatoms. The van der Waals surface area contributed by atoms with E-state index in [2.05, 4.69) is 26.9 Å². The SMILES string of the molecule is CCSCCCNCCc1ncon1. The van der Waals surface area contributed by atoms with Crippen molar-refractivity contribution in [3.63, 3.8) is 0 Å². The number of thioether (sulfide) groups is 1. The van der Waals surface area contributed by atoms with E-state index in [1.807, 2.05) is 11.8 Å². The minimum absolute atomic E-state index is 0.778. The Balaban J connectivity index is 1.85. The Kier molecular flexibility index (Phi) is 6.43. The number of aromatic nitrogens is 2. The Bertz CT molecular complexity index is 216. The summed E-state index contributed by atoms with van der Waals surface area (Å²) in [6.07, 6.45) is 3.44. The van der Waals surface area contributed by atoms with Crippen molar-refractivity contribution in [1.82, 2.24) is 15.5 Å². The van der Waals surface area contributed by atoms with Crippen molar-refractivity contribution in [3.05, 3.63) is 12.2 Å². The fraction of sp³-hybridized carbons (Fsp3) is 0.778. The lowest BCUT2D eigenvalue weighted by molar-refractivity contribution is 0.409. The van der Waals surface area contributed by atoms with Gasteiger partial charge in [-0.3, -0.25) is 0 Å². The molecule has 1 N–H and O–H groups in total. The van der Waals surface area contributed by atoms with Gasteiger partial charge in [-0.1, -0.05) is 12.1 Å². The molecule has 0 amide bonds. The first kappa shape index (κ1) is 11.5. The zero-order valence-electron chi connectivity index (χ0n) is 8.53. The molecule has 80 valence electrons. The molecule has 0 aliphatic heterocycles. The number of nitrogens with one attached hydrogen (secondary N) is 1. The average molecular weight is 215 g/mol. The van der Waals surface area contributed by atoms with Gasteiger partial charge in [0.05, 0.1) is 0 Å². The van der Waals surface area contributed by atoms with E-state index in [1.165, 1.54) is 24.3 Å². The van der Waals surface area contributed by atoms with E-state index in [4.69, 9.17) is 0 Å². The second-order valence-electron chi connectivity index (χ2n) is 2.90. The first-order chi connectivity index (χ1) is 6.93. The molecule has 1 aromatic heterocycles. The van der Waals surface area contributed by atoms with E-state index >= 15 is 0 Å². The fourth-order valence-electron chi connectivity index (χ4n) is 1.07. The molecule has 0 saturated heterocycles. The highest BCUT2D eigenvalue weighted by atomic mass is 32.2. The van der Waals surface area contributed by atoms with Gasteiger partial charge in [0.2, 0.25) is 6.39 Å². The Hall–Kier alpha value is -0.550. The summed E-state index contributed by atoms with van der Waals surface area (Å²) in [6.45, 7) is 4.19. The van der Waals surface area contributed by atoms with Crippen molar-refractivity contribution >= 4 is 11.8 Å². The first-order valence-corrected chi connectivity index (χ1v) is 6.12. The molecule has 1 aromatic rings. The van der Waals surface area contributed by atoms with Gasteiger partial charge in [-0.05, 0) is 24.5 Å². The zero-order chi connectivity index (χ0) is 10.1. The molecule has 0 spiro atoms. The minimum Gasteiger partial charge on any atom is -0.343 e. The maximum atomic E-state index is 4.63. The van der Waals surface area contributed by atoms with Crippen LogP contribution in [0.5, 0.6) is 0 Å². The Labute approximate surface area is 88.8 Å². The van der Waals surface area contributed by atoms with Crippen molar-refractivity contribution in [2.24, 2.45) is 0 Å². The minimum atomic E-state index is 0.778. The summed E-state index contributed by atoms with van der Waals surface area (Å²) in [6, 6.07) is 0. The number of rotatable bonds is 8. The van der Waals surface area contributed by atoms with Gasteiger partial charge in [-0.25, -0.2) is 0 Å². The Morgan fingerprint density at radius 3 is 3.14 bits per heavy atom. The quantitative estimate of drug-likeness (QED) is 0.663. The van der Waals surface area contributed by atoms with Crippen LogP contribution in [-0.4, -0.2) is 34.7 Å². The molecule has 4 nitrogen and oxygen atoms in total. The third-order valence-electron chi connectivity index (χ3n) is 1.78. The van der Waals surface area contributed by atoms with Crippen LogP contribution in [0.1, 0.15) is 19.2 Å². The Morgan fingerprint density at radius 2 is 2.43 bits per heavy atom. The van der Waals surface area contributed by atoms with Crippen LogP contribution in [0, 0.1) is 0 Å². The molecule has 0 aromatic carbocycles. The number of hydrogen-bond acceptors (Lipinski definition) is 5. The highest BCUT2D eigenvalue weighted by Gasteiger charge is 1.96. The van der Waals surface area contributed by atoms with Crippen LogP contribution in [-0.2, 0) is 6.42 Å². The molecule has 0 unspecified atom stereocenters. The lowest BCUT2D eigenvalue weighted by Gasteiger charge is -2.01. The maximum Gasteiger partial charge on any atom is 0.213 e. The van der Waals surface area contributed by atoms with E-state index < -0.39 is 0 Å². The molecular formula is C9H17N3OS. The van der Waals surface area contributed by atoms with Crippen molar-refractivity contribution in [2.45, 2.75) is 19.8 Å². The van der Waals surface area contributed by atoms with E-state index in [0.29, 0.717) is 0 Å². The molecule has 0 fully saturated rings. The van der Waals surface area contributed by atoms with E-state index in [0.717, 1.165) is 25.3 Å². The van der Waals surface area contributed by atoms with Crippen molar-refractivity contribution in [3.8, 4) is 0 Å². The van der Waals surface area contributed by atoms with Crippen LogP contribution in [0.15, 0.2) is 10.9 Å². The van der Waals surface area contributed by atoms with Crippen LogP contribution in [0.25, 0.3) is 0 Å². The standard InChI is InChI=1S/C9H17N3OS/c1-2-14-7-3-5-10-6-4-9-11-8-13-12-9/h8,10H,2-7H2,1H3. The predicted octanol–water partition coefficient (Wildman–Crippen LogP) is 1.34. The van der Waals surface area contributed by atoms with Gasteiger partial charge < -0.3 is 9.84 Å². The van der Waals surface area contributed by atoms with E-state index in [9.17, 15) is 0 Å². The van der Waals surface area contributed by atoms with E-state index in [-0.39, 0.29) is 0 Å². The smallest absolute Gasteiger partial charge is 0.213 e. The summed E-state index contributed by atoms with van der Waals surface area (Å²) in [5.74, 6) is 3.23. The third kappa shape index (κ3) is 5.24. The van der Waals surface area contributed by atoms with Gasteiger partial charge in [-0.15, -0.1) is 0 Å². The highest BCUT2D eigenvalue weighted by Crippen LogP contribution is 1.99. The second kappa shape index (κ2) is 7.82. The molecule has 0 saturated carbocycles. The topological polar surface area (TPSA) is 51.0 Å². The molecule has 0 aliphatic carbocycles. The predicted molar refractivity (Wildman–Crippen MR) is 58.5 cm³/mol. The van der Waals surface area contributed by atoms with Crippen LogP contribution in [0.2, 0.25) is 0 Å². The van der Waals surface area contributed by atoms with Gasteiger partial charge >= 0.3 is 0 Å². The van der Waals surface area contributed by atoms with Crippen molar-refractivity contribution in [1.29, 1.82) is 0 Å². The molecule has 0 radical (unpaired) electrons. The van der Waals surface area contributed by atoms with Gasteiger partial charge in [0.1, 0.15) is 0 Å². The van der Waals surface area contributed by atoms with Crippen LogP contribution in [0.4, 0.5) is 0 Å². The molecule has 0 atom stereocenters. The van der Waals surface area contributed by atoms with Gasteiger partial charge in [0.25, 0.3) is 0 Å². The first-order valence-electron chi connectivity index (χ1n) is 4.97.